The Balaban J connectivity index is 1.43. The van der Waals surface area contributed by atoms with Gasteiger partial charge < -0.3 is 14.7 Å². The van der Waals surface area contributed by atoms with Gasteiger partial charge in [-0.1, -0.05) is 6.07 Å². The molecule has 0 bridgehead atoms. The number of aromatic nitrogens is 4. The van der Waals surface area contributed by atoms with Crippen LogP contribution in [0.1, 0.15) is 12.8 Å². The van der Waals surface area contributed by atoms with Crippen molar-refractivity contribution in [1.82, 2.24) is 20.2 Å². The highest BCUT2D eigenvalue weighted by Gasteiger charge is 2.21. The number of piperazine rings is 1. The molecule has 23 heavy (non-hydrogen) atoms. The summed E-state index contributed by atoms with van der Waals surface area (Å²) in [6, 6.07) is 6.03. The van der Waals surface area contributed by atoms with Crippen LogP contribution in [0.5, 0.6) is 0 Å². The third-order valence-corrected chi connectivity index (χ3v) is 4.50. The second-order valence-electron chi connectivity index (χ2n) is 5.97. The molecule has 4 heterocycles. The molecular formula is C16H21N7. The van der Waals surface area contributed by atoms with Crippen molar-refractivity contribution in [3.8, 4) is 0 Å². The lowest BCUT2D eigenvalue weighted by atomic mass is 10.3. The zero-order valence-corrected chi connectivity index (χ0v) is 13.2. The molecule has 0 radical (unpaired) electrons. The van der Waals surface area contributed by atoms with Crippen LogP contribution in [0.15, 0.2) is 30.6 Å². The summed E-state index contributed by atoms with van der Waals surface area (Å²) in [4.78, 5) is 16.0. The second-order valence-corrected chi connectivity index (χ2v) is 5.97. The standard InChI is InChI=1S/C16H21N7/c1-2-6-17-14(5-1)22-9-11-23(12-10-22)16-19-15(13-18-20-16)21-7-3-4-8-21/h1-2,5-6,13H,3-4,7-12H2. The monoisotopic (exact) mass is 311 g/mol. The highest BCUT2D eigenvalue weighted by Crippen LogP contribution is 2.20. The Morgan fingerprint density at radius 2 is 1.52 bits per heavy atom. The molecule has 2 aliphatic rings. The van der Waals surface area contributed by atoms with E-state index in [2.05, 4.69) is 35.9 Å². The molecular weight excluding hydrogens is 290 g/mol. The van der Waals surface area contributed by atoms with E-state index in [0.29, 0.717) is 0 Å². The van der Waals surface area contributed by atoms with E-state index in [0.717, 1.165) is 56.9 Å². The molecule has 0 spiro atoms. The lowest BCUT2D eigenvalue weighted by Crippen LogP contribution is -2.47. The summed E-state index contributed by atoms with van der Waals surface area (Å²) >= 11 is 0. The quantitative estimate of drug-likeness (QED) is 0.844. The predicted octanol–water partition coefficient (Wildman–Crippen LogP) is 1.19. The van der Waals surface area contributed by atoms with Crippen molar-refractivity contribution in [3.05, 3.63) is 30.6 Å². The smallest absolute Gasteiger partial charge is 0.247 e. The maximum atomic E-state index is 4.72. The van der Waals surface area contributed by atoms with Crippen LogP contribution in [0.3, 0.4) is 0 Å². The molecule has 2 aromatic rings. The van der Waals surface area contributed by atoms with E-state index in [4.69, 9.17) is 4.98 Å². The fourth-order valence-corrected chi connectivity index (χ4v) is 3.19. The van der Waals surface area contributed by atoms with Gasteiger partial charge in [0.15, 0.2) is 5.82 Å². The average Bonchev–Trinajstić information content (AvgIpc) is 3.18. The summed E-state index contributed by atoms with van der Waals surface area (Å²) in [6.45, 7) is 5.78. The molecule has 0 amide bonds. The number of anilines is 3. The van der Waals surface area contributed by atoms with Gasteiger partial charge in [0.1, 0.15) is 5.82 Å². The summed E-state index contributed by atoms with van der Waals surface area (Å²) in [6.07, 6.45) is 6.09. The van der Waals surface area contributed by atoms with E-state index >= 15 is 0 Å². The minimum Gasteiger partial charge on any atom is -0.355 e. The lowest BCUT2D eigenvalue weighted by molar-refractivity contribution is 0.629. The second kappa shape index (κ2) is 6.36. The van der Waals surface area contributed by atoms with Crippen molar-refractivity contribution in [2.45, 2.75) is 12.8 Å². The Morgan fingerprint density at radius 1 is 0.783 bits per heavy atom. The van der Waals surface area contributed by atoms with E-state index < -0.39 is 0 Å². The van der Waals surface area contributed by atoms with Crippen LogP contribution in [0.4, 0.5) is 17.6 Å². The maximum absolute atomic E-state index is 4.72. The molecule has 0 saturated carbocycles. The zero-order valence-electron chi connectivity index (χ0n) is 13.2. The first-order valence-electron chi connectivity index (χ1n) is 8.26. The van der Waals surface area contributed by atoms with Gasteiger partial charge in [0.25, 0.3) is 0 Å². The van der Waals surface area contributed by atoms with Crippen LogP contribution in [-0.4, -0.2) is 59.4 Å². The molecule has 2 saturated heterocycles. The van der Waals surface area contributed by atoms with Crippen molar-refractivity contribution in [3.63, 3.8) is 0 Å². The number of hydrogen-bond donors (Lipinski definition) is 0. The fourth-order valence-electron chi connectivity index (χ4n) is 3.19. The van der Waals surface area contributed by atoms with Crippen LogP contribution in [0.2, 0.25) is 0 Å². The van der Waals surface area contributed by atoms with Gasteiger partial charge in [-0.05, 0) is 25.0 Å². The first-order valence-corrected chi connectivity index (χ1v) is 8.26. The highest BCUT2D eigenvalue weighted by atomic mass is 15.4. The van der Waals surface area contributed by atoms with E-state index in [9.17, 15) is 0 Å². The first-order chi connectivity index (χ1) is 11.4. The van der Waals surface area contributed by atoms with Gasteiger partial charge in [0.2, 0.25) is 5.95 Å². The SMILES string of the molecule is c1ccc(N2CCN(c3nncc(N4CCCC4)n3)CC2)nc1. The largest absolute Gasteiger partial charge is 0.355 e. The van der Waals surface area contributed by atoms with Crippen molar-refractivity contribution >= 4 is 17.6 Å². The fraction of sp³-hybridized carbons (Fsp3) is 0.500. The lowest BCUT2D eigenvalue weighted by Gasteiger charge is -2.35. The number of nitrogens with zero attached hydrogens (tertiary/aromatic N) is 7. The molecule has 4 rings (SSSR count). The van der Waals surface area contributed by atoms with E-state index in [-0.39, 0.29) is 0 Å². The van der Waals surface area contributed by atoms with Gasteiger partial charge in [-0.25, -0.2) is 4.98 Å². The van der Waals surface area contributed by atoms with Crippen molar-refractivity contribution in [1.29, 1.82) is 0 Å². The van der Waals surface area contributed by atoms with E-state index in [1.54, 1.807) is 6.20 Å². The van der Waals surface area contributed by atoms with E-state index in [1.165, 1.54) is 12.8 Å². The molecule has 0 N–H and O–H groups in total. The topological polar surface area (TPSA) is 61.3 Å². The minimum atomic E-state index is 0.745. The Labute approximate surface area is 136 Å². The molecule has 7 nitrogen and oxygen atoms in total. The van der Waals surface area contributed by atoms with Crippen LogP contribution in [-0.2, 0) is 0 Å². The van der Waals surface area contributed by atoms with Crippen LogP contribution >= 0.6 is 0 Å². The van der Waals surface area contributed by atoms with Crippen molar-refractivity contribution in [2.75, 3.05) is 54.0 Å². The Hall–Kier alpha value is -2.44. The predicted molar refractivity (Wildman–Crippen MR) is 89.9 cm³/mol. The zero-order chi connectivity index (χ0) is 15.5. The van der Waals surface area contributed by atoms with Crippen LogP contribution in [0.25, 0.3) is 0 Å². The molecule has 0 unspecified atom stereocenters. The summed E-state index contributed by atoms with van der Waals surface area (Å²) in [5.74, 6) is 2.74. The van der Waals surface area contributed by atoms with Gasteiger partial charge in [-0.3, -0.25) is 0 Å². The molecule has 0 aromatic carbocycles. The third-order valence-electron chi connectivity index (χ3n) is 4.50. The molecule has 2 fully saturated rings. The molecule has 2 aliphatic heterocycles. The summed E-state index contributed by atoms with van der Waals surface area (Å²) in [5.41, 5.74) is 0. The van der Waals surface area contributed by atoms with Gasteiger partial charge in [-0.15, -0.1) is 5.10 Å². The first kappa shape index (κ1) is 14.2. The van der Waals surface area contributed by atoms with Gasteiger partial charge >= 0.3 is 0 Å². The minimum absolute atomic E-state index is 0.745. The van der Waals surface area contributed by atoms with Crippen LogP contribution in [0, 0.1) is 0 Å². The van der Waals surface area contributed by atoms with Crippen LogP contribution < -0.4 is 14.7 Å². The van der Waals surface area contributed by atoms with Gasteiger partial charge in [0.05, 0.1) is 6.20 Å². The molecule has 120 valence electrons. The van der Waals surface area contributed by atoms with Crippen molar-refractivity contribution < 1.29 is 0 Å². The average molecular weight is 311 g/mol. The summed E-state index contributed by atoms with van der Waals surface area (Å²) in [5, 5.41) is 8.40. The van der Waals surface area contributed by atoms with Gasteiger partial charge in [-0.2, -0.15) is 10.1 Å². The summed E-state index contributed by atoms with van der Waals surface area (Å²) < 4.78 is 0. The Bertz CT molecular complexity index is 634. The molecule has 7 heteroatoms. The number of pyridine rings is 1. The van der Waals surface area contributed by atoms with E-state index in [1.807, 2.05) is 18.3 Å². The maximum Gasteiger partial charge on any atom is 0.247 e. The molecule has 0 atom stereocenters. The molecule has 2 aromatic heterocycles. The normalized spacial score (nSPS) is 18.5. The number of rotatable bonds is 3. The number of hydrogen-bond acceptors (Lipinski definition) is 7. The Morgan fingerprint density at radius 3 is 2.26 bits per heavy atom. The summed E-state index contributed by atoms with van der Waals surface area (Å²) in [7, 11) is 0. The highest BCUT2D eigenvalue weighted by molar-refractivity contribution is 5.45. The third kappa shape index (κ3) is 3.04. The van der Waals surface area contributed by atoms with Gasteiger partial charge in [0, 0.05) is 45.5 Å². The molecule has 0 aliphatic carbocycles. The van der Waals surface area contributed by atoms with Crippen molar-refractivity contribution in [2.24, 2.45) is 0 Å². The Kier molecular flexibility index (Phi) is 3.92.